The minimum atomic E-state index is -0.788. The van der Waals surface area contributed by atoms with E-state index in [0.717, 1.165) is 141 Å². The largest absolute Gasteiger partial charge is 0.462 e. The molecule has 0 aliphatic heterocycles. The third kappa shape index (κ3) is 75.2. The topological polar surface area (TPSA) is 72.8 Å². The van der Waals surface area contributed by atoms with E-state index >= 15 is 0 Å². The molecule has 0 fully saturated rings. The maximum atomic E-state index is 12.4. The van der Waals surface area contributed by atoms with Crippen molar-refractivity contribution in [2.75, 3.05) is 13.2 Å². The summed E-state index contributed by atoms with van der Waals surface area (Å²) in [7, 11) is 0. The summed E-state index contributed by atoms with van der Waals surface area (Å²) in [6.45, 7) is 3.92. The molecule has 0 radical (unpaired) electrons. The predicted molar refractivity (Wildman–Crippen MR) is 398 cm³/mol. The summed E-state index contributed by atoms with van der Waals surface area (Å²) >= 11 is 0. The molecule has 0 aliphatic rings. The number of carbonyl (C=O) groups is 2. The van der Waals surface area contributed by atoms with Crippen LogP contribution in [-0.2, 0) is 19.1 Å². The van der Waals surface area contributed by atoms with Gasteiger partial charge in [0.05, 0.1) is 6.61 Å². The van der Waals surface area contributed by atoms with Crippen LogP contribution in [0.1, 0.15) is 309 Å². The number of hydrogen-bond donors (Lipinski definition) is 1. The van der Waals surface area contributed by atoms with Gasteiger partial charge in [0.2, 0.25) is 0 Å². The molecule has 5 nitrogen and oxygen atoms in total. The molecule has 0 aromatic rings. The fraction of sp³-hybridized carbons (Fsp3) is 0.600. The quantitative estimate of drug-likeness (QED) is 0.0373. The molecule has 1 N–H and O–H groups in total. The summed E-state index contributed by atoms with van der Waals surface area (Å²) < 4.78 is 10.8. The summed E-state index contributed by atoms with van der Waals surface area (Å²) in [4.78, 5) is 24.7. The lowest BCUT2D eigenvalue weighted by Crippen LogP contribution is -2.28. The maximum absolute atomic E-state index is 12.4. The van der Waals surface area contributed by atoms with Crippen molar-refractivity contribution in [2.24, 2.45) is 0 Å². The number of rotatable bonds is 66. The van der Waals surface area contributed by atoms with E-state index in [1.54, 1.807) is 0 Å². The van der Waals surface area contributed by atoms with E-state index in [9.17, 15) is 14.7 Å². The van der Waals surface area contributed by atoms with Crippen LogP contribution in [0.3, 0.4) is 0 Å². The second kappa shape index (κ2) is 78.0. The van der Waals surface area contributed by atoms with Crippen LogP contribution in [0.25, 0.3) is 0 Å². The Bertz CT molecular complexity index is 2040. The Morgan fingerprint density at radius 1 is 0.256 bits per heavy atom. The van der Waals surface area contributed by atoms with Crippen molar-refractivity contribution in [1.29, 1.82) is 0 Å². The van der Waals surface area contributed by atoms with E-state index in [2.05, 4.69) is 208 Å². The summed E-state index contributed by atoms with van der Waals surface area (Å²) in [5.74, 6) is -0.597. The first-order valence-corrected chi connectivity index (χ1v) is 37.0. The standard InChI is InChI=1S/C85H136O5/c1-3-5-7-9-11-13-15-17-19-21-23-25-27-29-31-33-35-37-39-41-42-44-46-48-50-52-54-56-58-60-62-64-66-68-70-72-74-76-78-80-85(88)90-83(81-86)82-89-84(87)79-77-75-73-71-69-67-65-63-61-59-57-55-53-51-49-47-45-43-40-38-36-34-32-30-28-26-24-22-20-18-16-14-12-10-8-6-4-2/h5-8,11-14,17-20,23-26,29-32,35-38,41-43,45-46,48,52,54,83,86H,3-4,9-10,15-16,21-22,27-28,33-34,39-40,44,47,49-51,53,55-82H2,1-2H3/b7-5-,8-6-,13-11-,14-12-,19-17-,20-18-,25-23-,26-24-,31-29-,32-30-,37-35-,38-36-,42-41-,45-43-,48-46-,54-52-. The second-order valence-corrected chi connectivity index (χ2v) is 23.9. The number of allylic oxidation sites excluding steroid dienone is 32. The van der Waals surface area contributed by atoms with E-state index in [1.807, 2.05) is 0 Å². The lowest BCUT2D eigenvalue weighted by atomic mass is 10.0. The fourth-order valence-corrected chi connectivity index (χ4v) is 9.94. The Labute approximate surface area is 556 Å². The Balaban J connectivity index is 3.54. The fourth-order valence-electron chi connectivity index (χ4n) is 9.94. The van der Waals surface area contributed by atoms with E-state index < -0.39 is 6.10 Å². The van der Waals surface area contributed by atoms with Crippen molar-refractivity contribution in [3.8, 4) is 0 Å². The molecule has 0 heterocycles. The highest BCUT2D eigenvalue weighted by Crippen LogP contribution is 2.17. The molecule has 0 rings (SSSR count). The molecule has 0 aliphatic carbocycles. The van der Waals surface area contributed by atoms with Crippen LogP contribution in [0.2, 0.25) is 0 Å². The lowest BCUT2D eigenvalue weighted by molar-refractivity contribution is -0.161. The summed E-state index contributed by atoms with van der Waals surface area (Å²) in [5, 5.41) is 9.72. The molecular formula is C85H136O5. The molecule has 5 heteroatoms. The van der Waals surface area contributed by atoms with Gasteiger partial charge in [0.25, 0.3) is 0 Å². The molecule has 0 aromatic carbocycles. The Kier molecular flexibility index (Phi) is 73.4. The first-order chi connectivity index (χ1) is 44.6. The van der Waals surface area contributed by atoms with Crippen molar-refractivity contribution in [1.82, 2.24) is 0 Å². The molecular weight excluding hydrogens is 1100 g/mol. The van der Waals surface area contributed by atoms with Crippen molar-refractivity contribution < 1.29 is 24.2 Å². The van der Waals surface area contributed by atoms with Crippen LogP contribution in [0.5, 0.6) is 0 Å². The number of unbranched alkanes of at least 4 members (excludes halogenated alkanes) is 26. The average Bonchev–Trinajstić information content (AvgIpc) is 3.59. The summed E-state index contributed by atoms with van der Waals surface area (Å²) in [6.07, 6.45) is 123. The van der Waals surface area contributed by atoms with Gasteiger partial charge in [-0.25, -0.2) is 0 Å². The number of ether oxygens (including phenoxy) is 2. The minimum Gasteiger partial charge on any atom is -0.462 e. The number of esters is 2. The molecule has 0 amide bonds. The van der Waals surface area contributed by atoms with Gasteiger partial charge in [0, 0.05) is 12.8 Å². The molecule has 0 spiro atoms. The zero-order chi connectivity index (χ0) is 64.7. The summed E-state index contributed by atoms with van der Waals surface area (Å²) in [5.41, 5.74) is 0. The Hall–Kier alpha value is -5.26. The van der Waals surface area contributed by atoms with Gasteiger partial charge < -0.3 is 14.6 Å². The van der Waals surface area contributed by atoms with E-state index in [0.29, 0.717) is 12.8 Å². The van der Waals surface area contributed by atoms with Crippen molar-refractivity contribution in [3.05, 3.63) is 194 Å². The number of carbonyl (C=O) groups excluding carboxylic acids is 2. The van der Waals surface area contributed by atoms with Gasteiger partial charge >= 0.3 is 11.9 Å². The van der Waals surface area contributed by atoms with Gasteiger partial charge in [-0.15, -0.1) is 0 Å². The molecule has 0 bridgehead atoms. The van der Waals surface area contributed by atoms with Crippen LogP contribution >= 0.6 is 0 Å². The van der Waals surface area contributed by atoms with Crippen LogP contribution < -0.4 is 0 Å². The highest BCUT2D eigenvalue weighted by molar-refractivity contribution is 5.70. The van der Waals surface area contributed by atoms with E-state index in [1.165, 1.54) is 141 Å². The van der Waals surface area contributed by atoms with Crippen LogP contribution in [0, 0.1) is 0 Å². The molecule has 0 saturated carbocycles. The molecule has 506 valence electrons. The van der Waals surface area contributed by atoms with Crippen LogP contribution in [-0.4, -0.2) is 36.4 Å². The van der Waals surface area contributed by atoms with Crippen LogP contribution in [0.4, 0.5) is 0 Å². The molecule has 90 heavy (non-hydrogen) atoms. The van der Waals surface area contributed by atoms with E-state index in [-0.39, 0.29) is 25.2 Å². The molecule has 0 saturated heterocycles. The molecule has 1 atom stereocenters. The Morgan fingerprint density at radius 2 is 0.444 bits per heavy atom. The number of aliphatic hydroxyl groups excluding tert-OH is 1. The number of aliphatic hydroxyl groups is 1. The first kappa shape index (κ1) is 84.7. The van der Waals surface area contributed by atoms with Gasteiger partial charge in [0.15, 0.2) is 6.10 Å². The first-order valence-electron chi connectivity index (χ1n) is 37.0. The zero-order valence-corrected chi connectivity index (χ0v) is 58.1. The van der Waals surface area contributed by atoms with Gasteiger partial charge in [-0.05, 0) is 141 Å². The van der Waals surface area contributed by atoms with Gasteiger partial charge in [-0.1, -0.05) is 350 Å². The lowest BCUT2D eigenvalue weighted by Gasteiger charge is -2.15. The van der Waals surface area contributed by atoms with Gasteiger partial charge in [-0.3, -0.25) is 9.59 Å². The smallest absolute Gasteiger partial charge is 0.306 e. The predicted octanol–water partition coefficient (Wildman–Crippen LogP) is 26.3. The van der Waals surface area contributed by atoms with Crippen molar-refractivity contribution in [2.45, 2.75) is 315 Å². The molecule has 1 unspecified atom stereocenters. The van der Waals surface area contributed by atoms with Gasteiger partial charge in [0.1, 0.15) is 6.61 Å². The van der Waals surface area contributed by atoms with Crippen LogP contribution in [0.15, 0.2) is 194 Å². The van der Waals surface area contributed by atoms with E-state index in [4.69, 9.17) is 9.47 Å². The monoisotopic (exact) mass is 1240 g/mol. The molecule has 0 aromatic heterocycles. The third-order valence-corrected chi connectivity index (χ3v) is 15.4. The average molecular weight is 1240 g/mol. The minimum absolute atomic E-state index is 0.0755. The van der Waals surface area contributed by atoms with Crippen molar-refractivity contribution >= 4 is 11.9 Å². The third-order valence-electron chi connectivity index (χ3n) is 15.4. The number of hydrogen-bond acceptors (Lipinski definition) is 5. The highest BCUT2D eigenvalue weighted by atomic mass is 16.6. The Morgan fingerprint density at radius 3 is 0.667 bits per heavy atom. The van der Waals surface area contributed by atoms with Crippen molar-refractivity contribution in [3.63, 3.8) is 0 Å². The highest BCUT2D eigenvalue weighted by Gasteiger charge is 2.16. The van der Waals surface area contributed by atoms with Gasteiger partial charge in [-0.2, -0.15) is 0 Å². The maximum Gasteiger partial charge on any atom is 0.306 e. The zero-order valence-electron chi connectivity index (χ0n) is 58.1. The second-order valence-electron chi connectivity index (χ2n) is 23.9. The normalized spacial score (nSPS) is 13.4. The summed E-state index contributed by atoms with van der Waals surface area (Å²) in [6, 6.07) is 0. The SMILES string of the molecule is CC/C=C\C/C=C\C/C=C\C/C=C\C/C=C\C/C=C\C/C=C\C/C=C\C/C=C\CCCCCCCCCCCCCC(=O)OC(CO)COC(=O)CCCCCCCCCCCCCCCCC/C=C\C/C=C\C/C=C\C/C=C\C/C=C\C/C=C\C/C=C\CC.